The lowest BCUT2D eigenvalue weighted by Crippen LogP contribution is -2.35. The molecule has 6 nitrogen and oxygen atoms in total. The van der Waals surface area contributed by atoms with Crippen LogP contribution in [0.15, 0.2) is 47.5 Å². The average Bonchev–Trinajstić information content (AvgIpc) is 2.62. The molecule has 1 aromatic heterocycles. The van der Waals surface area contributed by atoms with Crippen LogP contribution in [-0.2, 0) is 27.8 Å². The number of benzene rings is 1. The number of sulfonamides is 1. The second-order valence-electron chi connectivity index (χ2n) is 5.85. The lowest BCUT2D eigenvalue weighted by molar-refractivity contribution is 0.0342. The summed E-state index contributed by atoms with van der Waals surface area (Å²) in [6, 6.07) is 10.8. The maximum absolute atomic E-state index is 12.3. The van der Waals surface area contributed by atoms with Crippen LogP contribution in [0, 0.1) is 0 Å². The first-order chi connectivity index (χ1) is 12.0. The van der Waals surface area contributed by atoms with Crippen molar-refractivity contribution in [3.63, 3.8) is 0 Å². The zero-order valence-corrected chi connectivity index (χ0v) is 15.3. The number of pyridine rings is 1. The normalized spacial score (nSPS) is 16.0. The third-order valence-corrected chi connectivity index (χ3v) is 5.59. The Morgan fingerprint density at radius 2 is 1.92 bits per heavy atom. The van der Waals surface area contributed by atoms with Crippen molar-refractivity contribution in [1.82, 2.24) is 14.6 Å². The molecule has 8 heteroatoms. The molecule has 1 aliphatic heterocycles. The molecule has 0 radical (unpaired) electrons. The number of ether oxygens (including phenoxy) is 1. The fourth-order valence-electron chi connectivity index (χ4n) is 2.64. The van der Waals surface area contributed by atoms with E-state index in [0.29, 0.717) is 0 Å². The Balaban J connectivity index is 1.62. The SMILES string of the molecule is O=S(=O)(NCc1cccc(CN2CCOCC2)c1)c1ccc(Cl)nc1. The number of rotatable bonds is 6. The molecule has 0 saturated carbocycles. The summed E-state index contributed by atoms with van der Waals surface area (Å²) in [5.74, 6) is 0. The van der Waals surface area contributed by atoms with Gasteiger partial charge in [-0.05, 0) is 23.3 Å². The maximum atomic E-state index is 12.3. The Morgan fingerprint density at radius 1 is 1.16 bits per heavy atom. The fraction of sp³-hybridized carbons (Fsp3) is 0.353. The molecule has 134 valence electrons. The van der Waals surface area contributed by atoms with Crippen LogP contribution < -0.4 is 4.72 Å². The Hall–Kier alpha value is -1.51. The van der Waals surface area contributed by atoms with Crippen LogP contribution in [0.4, 0.5) is 0 Å². The third-order valence-electron chi connectivity index (χ3n) is 3.98. The van der Waals surface area contributed by atoms with E-state index in [1.54, 1.807) is 0 Å². The van der Waals surface area contributed by atoms with Crippen LogP contribution in [0.5, 0.6) is 0 Å². The summed E-state index contributed by atoms with van der Waals surface area (Å²) in [5, 5.41) is 0.259. The van der Waals surface area contributed by atoms with Gasteiger partial charge in [0.15, 0.2) is 0 Å². The maximum Gasteiger partial charge on any atom is 0.242 e. The average molecular weight is 382 g/mol. The molecule has 1 saturated heterocycles. The molecule has 0 amide bonds. The lowest BCUT2D eigenvalue weighted by atomic mass is 10.1. The van der Waals surface area contributed by atoms with Gasteiger partial charge >= 0.3 is 0 Å². The molecule has 3 rings (SSSR count). The van der Waals surface area contributed by atoms with Crippen molar-refractivity contribution in [1.29, 1.82) is 0 Å². The first-order valence-corrected chi connectivity index (χ1v) is 9.88. The van der Waals surface area contributed by atoms with E-state index >= 15 is 0 Å². The Morgan fingerprint density at radius 3 is 2.64 bits per heavy atom. The molecular weight excluding hydrogens is 362 g/mol. The molecule has 0 atom stereocenters. The zero-order chi connectivity index (χ0) is 17.7. The van der Waals surface area contributed by atoms with Gasteiger partial charge in [-0.2, -0.15) is 0 Å². The fourth-order valence-corrected chi connectivity index (χ4v) is 3.71. The van der Waals surface area contributed by atoms with Crippen molar-refractivity contribution in [2.45, 2.75) is 18.0 Å². The molecule has 25 heavy (non-hydrogen) atoms. The van der Waals surface area contributed by atoms with Gasteiger partial charge in [0.1, 0.15) is 10.0 Å². The van der Waals surface area contributed by atoms with E-state index in [1.807, 2.05) is 18.2 Å². The standard InChI is InChI=1S/C17H20ClN3O3S/c18-17-5-4-16(12-19-17)25(22,23)20-11-14-2-1-3-15(10-14)13-21-6-8-24-9-7-21/h1-5,10,12,20H,6-9,11,13H2. The van der Waals surface area contributed by atoms with Gasteiger partial charge in [-0.1, -0.05) is 35.9 Å². The van der Waals surface area contributed by atoms with Crippen LogP contribution in [0.1, 0.15) is 11.1 Å². The summed E-state index contributed by atoms with van der Waals surface area (Å²) in [4.78, 5) is 6.23. The molecule has 0 aliphatic carbocycles. The van der Waals surface area contributed by atoms with Crippen molar-refractivity contribution in [2.75, 3.05) is 26.3 Å². The minimum Gasteiger partial charge on any atom is -0.379 e. The lowest BCUT2D eigenvalue weighted by Gasteiger charge is -2.26. The topological polar surface area (TPSA) is 71.5 Å². The molecule has 1 N–H and O–H groups in total. The van der Waals surface area contributed by atoms with Crippen LogP contribution >= 0.6 is 11.6 Å². The van der Waals surface area contributed by atoms with E-state index < -0.39 is 10.0 Å². The number of aromatic nitrogens is 1. The van der Waals surface area contributed by atoms with Crippen molar-refractivity contribution >= 4 is 21.6 Å². The molecule has 0 bridgehead atoms. The zero-order valence-electron chi connectivity index (χ0n) is 13.7. The molecule has 2 heterocycles. The minimum atomic E-state index is -3.61. The number of nitrogens with zero attached hydrogens (tertiary/aromatic N) is 2. The predicted molar refractivity (Wildman–Crippen MR) is 95.8 cm³/mol. The molecule has 1 aliphatic rings. The number of morpholine rings is 1. The number of halogens is 1. The number of nitrogens with one attached hydrogen (secondary N) is 1. The van der Waals surface area contributed by atoms with Crippen molar-refractivity contribution in [2.24, 2.45) is 0 Å². The van der Waals surface area contributed by atoms with Gasteiger partial charge < -0.3 is 4.74 Å². The van der Waals surface area contributed by atoms with Gasteiger partial charge in [0.05, 0.1) is 13.2 Å². The first kappa shape index (κ1) is 18.3. The molecule has 0 spiro atoms. The number of hydrogen-bond acceptors (Lipinski definition) is 5. The Bertz CT molecular complexity index is 806. The van der Waals surface area contributed by atoms with E-state index in [4.69, 9.17) is 16.3 Å². The summed E-state index contributed by atoms with van der Waals surface area (Å²) in [6.07, 6.45) is 1.25. The van der Waals surface area contributed by atoms with Crippen molar-refractivity contribution in [3.8, 4) is 0 Å². The highest BCUT2D eigenvalue weighted by Crippen LogP contribution is 2.13. The number of hydrogen-bond donors (Lipinski definition) is 1. The Labute approximate surface area is 152 Å². The summed E-state index contributed by atoms with van der Waals surface area (Å²) < 4.78 is 32.6. The van der Waals surface area contributed by atoms with Gasteiger partial charge in [-0.3, -0.25) is 4.90 Å². The molecule has 1 fully saturated rings. The van der Waals surface area contributed by atoms with E-state index in [0.717, 1.165) is 44.0 Å². The van der Waals surface area contributed by atoms with E-state index in [1.165, 1.54) is 18.3 Å². The molecular formula is C17H20ClN3O3S. The van der Waals surface area contributed by atoms with Gasteiger partial charge in [0.25, 0.3) is 0 Å². The van der Waals surface area contributed by atoms with Gasteiger partial charge in [-0.15, -0.1) is 0 Å². The van der Waals surface area contributed by atoms with Crippen molar-refractivity contribution in [3.05, 3.63) is 58.9 Å². The molecule has 0 unspecified atom stereocenters. The second-order valence-corrected chi connectivity index (χ2v) is 8.00. The summed E-state index contributed by atoms with van der Waals surface area (Å²) in [7, 11) is -3.61. The highest BCUT2D eigenvalue weighted by Gasteiger charge is 2.15. The largest absolute Gasteiger partial charge is 0.379 e. The highest BCUT2D eigenvalue weighted by atomic mass is 35.5. The first-order valence-electron chi connectivity index (χ1n) is 8.02. The second kappa shape index (κ2) is 8.25. The van der Waals surface area contributed by atoms with Gasteiger partial charge in [-0.25, -0.2) is 18.1 Å². The van der Waals surface area contributed by atoms with Crippen LogP contribution in [0.2, 0.25) is 5.15 Å². The van der Waals surface area contributed by atoms with E-state index in [2.05, 4.69) is 20.7 Å². The molecule has 2 aromatic rings. The van der Waals surface area contributed by atoms with Crippen LogP contribution in [-0.4, -0.2) is 44.6 Å². The summed E-state index contributed by atoms with van der Waals surface area (Å²) in [6.45, 7) is 4.41. The van der Waals surface area contributed by atoms with E-state index in [9.17, 15) is 8.42 Å². The highest BCUT2D eigenvalue weighted by molar-refractivity contribution is 7.89. The monoisotopic (exact) mass is 381 g/mol. The van der Waals surface area contributed by atoms with E-state index in [-0.39, 0.29) is 16.6 Å². The van der Waals surface area contributed by atoms with Gasteiger partial charge in [0, 0.05) is 32.4 Å². The summed E-state index contributed by atoms with van der Waals surface area (Å²) in [5.41, 5.74) is 2.07. The van der Waals surface area contributed by atoms with Crippen molar-refractivity contribution < 1.29 is 13.2 Å². The van der Waals surface area contributed by atoms with Crippen LogP contribution in [0.25, 0.3) is 0 Å². The van der Waals surface area contributed by atoms with Gasteiger partial charge in [0.2, 0.25) is 10.0 Å². The molecule has 1 aromatic carbocycles. The van der Waals surface area contributed by atoms with Crippen LogP contribution in [0.3, 0.4) is 0 Å². The quantitative estimate of drug-likeness (QED) is 0.775. The minimum absolute atomic E-state index is 0.0985. The summed E-state index contributed by atoms with van der Waals surface area (Å²) >= 11 is 5.69. The smallest absolute Gasteiger partial charge is 0.242 e. The predicted octanol–water partition coefficient (Wildman–Crippen LogP) is 2.05. The Kier molecular flexibility index (Phi) is 6.03. The third kappa shape index (κ3) is 5.23.